The van der Waals surface area contributed by atoms with Crippen molar-refractivity contribution in [3.63, 3.8) is 0 Å². The van der Waals surface area contributed by atoms with Gasteiger partial charge in [-0.3, -0.25) is 0 Å². The van der Waals surface area contributed by atoms with Crippen LogP contribution in [0.3, 0.4) is 0 Å². The highest BCUT2D eigenvalue weighted by Gasteiger charge is 2.36. The average molecular weight is 302 g/mol. The molecule has 0 saturated carbocycles. The summed E-state index contributed by atoms with van der Waals surface area (Å²) in [4.78, 5) is 0. The predicted molar refractivity (Wildman–Crippen MR) is 121 cm³/mol. The fourth-order valence-electron chi connectivity index (χ4n) is 3.68. The first kappa shape index (κ1) is 18.6. The van der Waals surface area contributed by atoms with Gasteiger partial charge in [0.05, 0.1) is 0 Å². The highest BCUT2D eigenvalue weighted by atomic mass is 16.7. The van der Waals surface area contributed by atoms with E-state index < -0.39 is 5.59 Å². The molecular weight excluding hydrogens is 277 g/mol. The molecule has 0 bridgehead atoms. The lowest BCUT2D eigenvalue weighted by molar-refractivity contribution is 0.0844. The van der Waals surface area contributed by atoms with Crippen molar-refractivity contribution in [3.05, 3.63) is 5.56 Å². The summed E-state index contributed by atoms with van der Waals surface area (Å²) >= 11 is 0. The largest absolute Gasteiger partial charge is 0.467 e. The van der Waals surface area contributed by atoms with Crippen molar-refractivity contribution < 1.29 is 9.47 Å². The Balaban J connectivity index is 2.44. The molecule has 3 nitrogen and oxygen atoms in total. The van der Waals surface area contributed by atoms with Crippen molar-refractivity contribution in [2.24, 2.45) is 0 Å². The number of benzene rings is 1. The molecule has 0 spiro atoms. The summed E-state index contributed by atoms with van der Waals surface area (Å²) < 4.78 is 12.1. The topological polar surface area (TPSA) is 30.5 Å². The number of rotatable bonds is 4. The minimum atomic E-state index is -0.581. The molecule has 1 aromatic carbocycles. The SMILES string of the molecule is Bc1c(B)c2c(c(B)c1CC(B)(C)NC(B)(B)C)OC(B)(B)O2. The van der Waals surface area contributed by atoms with E-state index in [0.717, 1.165) is 17.9 Å². The molecule has 11 heteroatoms. The lowest BCUT2D eigenvalue weighted by Crippen LogP contribution is -2.58. The van der Waals surface area contributed by atoms with Crippen LogP contribution in [0.25, 0.3) is 0 Å². The molecule has 1 aromatic rings. The summed E-state index contributed by atoms with van der Waals surface area (Å²) in [6, 6.07) is 0. The molecule has 0 radical (unpaired) electrons. The van der Waals surface area contributed by atoms with Gasteiger partial charge in [0.1, 0.15) is 47.1 Å². The Morgan fingerprint density at radius 3 is 1.87 bits per heavy atom. The maximum Gasteiger partial charge on any atom is 0.197 e. The monoisotopic (exact) mass is 303 g/mol. The minimum Gasteiger partial charge on any atom is -0.467 e. The van der Waals surface area contributed by atoms with E-state index in [9.17, 15) is 0 Å². The zero-order valence-corrected chi connectivity index (χ0v) is 16.5. The minimum absolute atomic E-state index is 0.00340. The zero-order chi connectivity index (χ0) is 17.8. The Kier molecular flexibility index (Phi) is 4.60. The van der Waals surface area contributed by atoms with Gasteiger partial charge in [0.25, 0.3) is 0 Å². The summed E-state index contributed by atoms with van der Waals surface area (Å²) in [5.74, 6) is 1.83. The Labute approximate surface area is 148 Å². The van der Waals surface area contributed by atoms with Gasteiger partial charge in [0, 0.05) is 0 Å². The fraction of sp³-hybridized carbons (Fsp3) is 0.500. The van der Waals surface area contributed by atoms with E-state index in [2.05, 4.69) is 66.2 Å². The van der Waals surface area contributed by atoms with E-state index in [1.807, 2.05) is 15.7 Å². The van der Waals surface area contributed by atoms with Gasteiger partial charge in [0.2, 0.25) is 0 Å². The first-order valence-electron chi connectivity index (χ1n) is 8.52. The molecule has 1 aliphatic rings. The quantitative estimate of drug-likeness (QED) is 0.561. The number of nitrogens with one attached hydrogen (secondary N) is 1. The molecule has 1 aliphatic heterocycles. The van der Waals surface area contributed by atoms with E-state index in [1.54, 1.807) is 0 Å². The molecule has 0 fully saturated rings. The van der Waals surface area contributed by atoms with Crippen LogP contribution in [0.2, 0.25) is 0 Å². The third-order valence-electron chi connectivity index (χ3n) is 4.38. The van der Waals surface area contributed by atoms with Crippen LogP contribution in [0, 0.1) is 0 Å². The molecule has 1 N–H and O–H groups in total. The van der Waals surface area contributed by atoms with Gasteiger partial charge in [-0.15, -0.1) is 0 Å². The third kappa shape index (κ3) is 4.04. The second-order valence-electron chi connectivity index (χ2n) is 9.05. The molecule has 2 rings (SSSR count). The lowest BCUT2D eigenvalue weighted by atomic mass is 9.59. The lowest BCUT2D eigenvalue weighted by Gasteiger charge is -2.37. The molecule has 0 aliphatic carbocycles. The zero-order valence-electron chi connectivity index (χ0n) is 16.5. The maximum absolute atomic E-state index is 6.07. The van der Waals surface area contributed by atoms with Crippen LogP contribution < -0.4 is 31.2 Å². The van der Waals surface area contributed by atoms with Crippen molar-refractivity contribution in [1.82, 2.24) is 5.32 Å². The van der Waals surface area contributed by atoms with Gasteiger partial charge < -0.3 is 14.8 Å². The van der Waals surface area contributed by atoms with E-state index in [1.165, 1.54) is 22.0 Å². The highest BCUT2D eigenvalue weighted by Crippen LogP contribution is 2.33. The number of fused-ring (bicyclic) bond motifs is 1. The molecule has 0 saturated heterocycles. The smallest absolute Gasteiger partial charge is 0.197 e. The Bertz CT molecular complexity index is 641. The van der Waals surface area contributed by atoms with Crippen LogP contribution in [0.5, 0.6) is 11.5 Å². The molecule has 1 unspecified atom stereocenters. The van der Waals surface area contributed by atoms with Crippen LogP contribution in [-0.2, 0) is 6.42 Å². The van der Waals surface area contributed by atoms with Crippen LogP contribution in [0.1, 0.15) is 19.4 Å². The molecule has 1 atom stereocenters. The summed E-state index contributed by atoms with van der Waals surface area (Å²) in [6.07, 6.45) is 0.958. The second kappa shape index (κ2) is 5.68. The van der Waals surface area contributed by atoms with E-state index in [0.29, 0.717) is 0 Å². The molecule has 1 heterocycles. The normalized spacial score (nSPS) is 18.5. The Morgan fingerprint density at radius 1 is 0.913 bits per heavy atom. The molecular formula is C12H25B8NO2. The third-order valence-corrected chi connectivity index (χ3v) is 4.38. The number of ether oxygens (including phenoxy) is 2. The van der Waals surface area contributed by atoms with Gasteiger partial charge in [-0.25, -0.2) is 0 Å². The first-order chi connectivity index (χ1) is 10.2. The standard InChI is InChI=1S/C12H25B8NO2/c1-10(16,21-11(2,17)18)3-4-5(13)7(15)9-8(6(4)14)22-12(19,20)23-9/h21H,3,13-20H2,1-2H3. The van der Waals surface area contributed by atoms with E-state index in [-0.39, 0.29) is 10.8 Å². The van der Waals surface area contributed by atoms with Gasteiger partial charge in [-0.1, -0.05) is 24.9 Å². The van der Waals surface area contributed by atoms with Crippen LogP contribution in [0.4, 0.5) is 0 Å². The van der Waals surface area contributed by atoms with E-state index in [4.69, 9.17) is 9.47 Å². The Hall–Kier alpha value is -0.701. The van der Waals surface area contributed by atoms with Gasteiger partial charge in [-0.2, -0.15) is 0 Å². The Morgan fingerprint density at radius 2 is 1.39 bits per heavy atom. The summed E-state index contributed by atoms with van der Waals surface area (Å²) in [7, 11) is 17.1. The summed E-state index contributed by atoms with van der Waals surface area (Å²) in [5.41, 5.74) is 4.50. The van der Waals surface area contributed by atoms with Crippen molar-refractivity contribution in [3.8, 4) is 11.5 Å². The van der Waals surface area contributed by atoms with Crippen LogP contribution in [-0.4, -0.2) is 79.1 Å². The maximum atomic E-state index is 6.07. The van der Waals surface area contributed by atoms with Crippen molar-refractivity contribution >= 4 is 79.2 Å². The van der Waals surface area contributed by atoms with E-state index >= 15 is 0 Å². The second-order valence-corrected chi connectivity index (χ2v) is 9.05. The van der Waals surface area contributed by atoms with Crippen LogP contribution in [0.15, 0.2) is 0 Å². The van der Waals surface area contributed by atoms with Crippen molar-refractivity contribution in [2.45, 2.75) is 36.6 Å². The number of hydrogen-bond acceptors (Lipinski definition) is 3. The summed E-state index contributed by atoms with van der Waals surface area (Å²) in [6.45, 7) is 4.48. The number of hydrogen-bond donors (Lipinski definition) is 1. The van der Waals surface area contributed by atoms with Gasteiger partial charge in [-0.05, 0) is 28.1 Å². The first-order valence-corrected chi connectivity index (χ1v) is 8.52. The highest BCUT2D eigenvalue weighted by molar-refractivity contribution is 6.53. The molecule has 114 valence electrons. The van der Waals surface area contributed by atoms with Crippen molar-refractivity contribution in [2.75, 3.05) is 0 Å². The molecule has 0 aromatic heterocycles. The average Bonchev–Trinajstić information content (AvgIpc) is 2.65. The predicted octanol–water partition coefficient (Wildman–Crippen LogP) is -8.47. The van der Waals surface area contributed by atoms with Crippen molar-refractivity contribution in [1.29, 1.82) is 0 Å². The van der Waals surface area contributed by atoms with Gasteiger partial charge >= 0.3 is 0 Å². The fourth-order valence-corrected chi connectivity index (χ4v) is 3.68. The molecule has 23 heavy (non-hydrogen) atoms. The summed E-state index contributed by atoms with van der Waals surface area (Å²) in [5, 5.41) is 3.81. The van der Waals surface area contributed by atoms with Crippen LogP contribution >= 0.6 is 0 Å². The van der Waals surface area contributed by atoms with Gasteiger partial charge in [0.15, 0.2) is 32.8 Å². The molecule has 0 amide bonds.